The minimum absolute atomic E-state index is 0.490. The van der Waals surface area contributed by atoms with Crippen LogP contribution in [-0.4, -0.2) is 15.8 Å². The van der Waals surface area contributed by atoms with E-state index in [1.807, 2.05) is 12.1 Å². The second-order valence-electron chi connectivity index (χ2n) is 8.21. The Morgan fingerprint density at radius 2 is 1.14 bits per heavy atom. The van der Waals surface area contributed by atoms with E-state index >= 15 is 0 Å². The molecule has 0 spiro atoms. The van der Waals surface area contributed by atoms with Crippen molar-refractivity contribution in [3.63, 3.8) is 0 Å². The van der Waals surface area contributed by atoms with Crippen molar-refractivity contribution >= 4 is 26.9 Å². The van der Waals surface area contributed by atoms with Gasteiger partial charge in [-0.1, -0.05) is 47.5 Å². The van der Waals surface area contributed by atoms with Crippen LogP contribution in [0.25, 0.3) is 11.1 Å². The Balaban J connectivity index is 1.87. The third kappa shape index (κ3) is 3.09. The highest BCUT2D eigenvalue weighted by molar-refractivity contribution is 6.99. The normalized spacial score (nSPS) is 22.1. The van der Waals surface area contributed by atoms with Crippen LogP contribution in [0.15, 0.2) is 80.1 Å². The topological polar surface area (TPSA) is 26.3 Å². The summed E-state index contributed by atoms with van der Waals surface area (Å²) in [4.78, 5) is 0. The van der Waals surface area contributed by atoms with E-state index in [1.165, 1.54) is 33.4 Å². The van der Waals surface area contributed by atoms with Gasteiger partial charge in [0.05, 0.1) is 12.5 Å². The van der Waals surface area contributed by atoms with Crippen LogP contribution in [0, 0.1) is 0 Å². The molecule has 0 amide bonds. The van der Waals surface area contributed by atoms with E-state index in [1.54, 1.807) is 12.5 Å². The molecule has 2 nitrogen and oxygen atoms in total. The van der Waals surface area contributed by atoms with Crippen LogP contribution in [0.5, 0.6) is 0 Å². The molecule has 2 aliphatic carbocycles. The fourth-order valence-corrected chi connectivity index (χ4v) is 14.3. The first kappa shape index (κ1) is 19.3. The lowest BCUT2D eigenvalue weighted by Gasteiger charge is -2.29. The molecule has 0 N–H and O–H groups in total. The van der Waals surface area contributed by atoms with Crippen molar-refractivity contribution in [2.45, 2.75) is 51.9 Å². The van der Waals surface area contributed by atoms with Gasteiger partial charge in [0, 0.05) is 30.1 Å². The van der Waals surface area contributed by atoms with Crippen LogP contribution in [0.4, 0.5) is 0 Å². The maximum absolute atomic E-state index is 5.87. The molecule has 0 fully saturated rings. The fraction of sp³-hybridized carbons (Fsp3) is 0.333. The predicted molar refractivity (Wildman–Crippen MR) is 121 cm³/mol. The molecule has 2 aromatic heterocycles. The van der Waals surface area contributed by atoms with Crippen LogP contribution in [0.3, 0.4) is 0 Å². The summed E-state index contributed by atoms with van der Waals surface area (Å²) < 4.78 is 11.7. The Morgan fingerprint density at radius 1 is 0.714 bits per heavy atom. The number of rotatable bonds is 4. The van der Waals surface area contributed by atoms with Crippen LogP contribution >= 0.6 is 0 Å². The third-order valence-corrected chi connectivity index (χ3v) is 15.4. The van der Waals surface area contributed by atoms with E-state index in [-0.39, 0.29) is 0 Å². The smallest absolute Gasteiger partial charge is 0.130 e. The van der Waals surface area contributed by atoms with Gasteiger partial charge in [0.15, 0.2) is 0 Å². The standard InChI is InChI=1S/C24H28O2Si2/c1-15-13-19(21-9-7-11-25-21)23(17(15)3)28(27(5)6)24-18(4)16(2)14-20(24)22-10-8-12-26-22/h7-14,23-24H,1-6H3. The van der Waals surface area contributed by atoms with Gasteiger partial charge in [-0.05, 0) is 59.9 Å². The Bertz CT molecular complexity index is 974. The molecule has 2 heterocycles. The summed E-state index contributed by atoms with van der Waals surface area (Å²) in [6.07, 6.45) is 8.33. The first-order valence-corrected chi connectivity index (χ1v) is 15.1. The molecular formula is C24H28O2Si2. The van der Waals surface area contributed by atoms with Crippen molar-refractivity contribution in [3.8, 4) is 0 Å². The number of hydrogen-bond donors (Lipinski definition) is 0. The molecular weight excluding hydrogens is 376 g/mol. The monoisotopic (exact) mass is 404 g/mol. The zero-order valence-electron chi connectivity index (χ0n) is 17.6. The van der Waals surface area contributed by atoms with Gasteiger partial charge in [0.2, 0.25) is 0 Å². The predicted octanol–water partition coefficient (Wildman–Crippen LogP) is 7.11. The van der Waals surface area contributed by atoms with Gasteiger partial charge in [0.25, 0.3) is 0 Å². The molecule has 28 heavy (non-hydrogen) atoms. The fourth-order valence-electron chi connectivity index (χ4n) is 4.64. The summed E-state index contributed by atoms with van der Waals surface area (Å²) >= 11 is 0. The summed E-state index contributed by atoms with van der Waals surface area (Å²) in [6, 6.07) is 8.25. The van der Waals surface area contributed by atoms with E-state index in [0.717, 1.165) is 11.5 Å². The molecule has 2 aliphatic rings. The second-order valence-corrected chi connectivity index (χ2v) is 17.0. The van der Waals surface area contributed by atoms with E-state index in [0.29, 0.717) is 11.1 Å². The van der Waals surface area contributed by atoms with Gasteiger partial charge < -0.3 is 8.83 Å². The maximum Gasteiger partial charge on any atom is 0.130 e. The summed E-state index contributed by atoms with van der Waals surface area (Å²) in [6.45, 7) is 14.2. The molecule has 0 radical (unpaired) electrons. The molecule has 4 heteroatoms. The molecule has 144 valence electrons. The van der Waals surface area contributed by atoms with Crippen molar-refractivity contribution in [1.29, 1.82) is 0 Å². The summed E-state index contributed by atoms with van der Waals surface area (Å²) in [5, 5.41) is 0. The first-order chi connectivity index (χ1) is 13.4. The van der Waals surface area contributed by atoms with Gasteiger partial charge in [-0.3, -0.25) is 0 Å². The zero-order chi connectivity index (χ0) is 20.0. The zero-order valence-corrected chi connectivity index (χ0v) is 19.6. The SMILES string of the molecule is CC1=C(C)C([Si](C2C(c3ccco3)=CC(C)=C2C)=[Si](C)C)C(c2ccco2)=C1. The first-order valence-electron chi connectivity index (χ1n) is 9.93. The average molecular weight is 405 g/mol. The van der Waals surface area contributed by atoms with Crippen LogP contribution < -0.4 is 0 Å². The Morgan fingerprint density at radius 3 is 1.46 bits per heavy atom. The van der Waals surface area contributed by atoms with Crippen molar-refractivity contribution in [2.75, 3.05) is 0 Å². The summed E-state index contributed by atoms with van der Waals surface area (Å²) in [5.74, 6) is 2.07. The van der Waals surface area contributed by atoms with Crippen molar-refractivity contribution < 1.29 is 8.83 Å². The lowest BCUT2D eigenvalue weighted by molar-refractivity contribution is 0.551. The van der Waals surface area contributed by atoms with Crippen molar-refractivity contribution in [3.05, 3.63) is 82.8 Å². The number of hydrogen-bond acceptors (Lipinski definition) is 2. The maximum atomic E-state index is 5.87. The minimum Gasteiger partial charge on any atom is -0.465 e. The summed E-state index contributed by atoms with van der Waals surface area (Å²) in [5.41, 5.74) is 9.62. The van der Waals surface area contributed by atoms with E-state index in [9.17, 15) is 0 Å². The molecule has 0 saturated heterocycles. The van der Waals surface area contributed by atoms with Crippen LogP contribution in [0.1, 0.15) is 39.2 Å². The Hall–Kier alpha value is -2.05. The molecule has 0 aliphatic heterocycles. The highest BCUT2D eigenvalue weighted by atomic mass is 28.9. The highest BCUT2D eigenvalue weighted by Crippen LogP contribution is 2.51. The van der Waals surface area contributed by atoms with Gasteiger partial charge >= 0.3 is 0 Å². The molecule has 2 unspecified atom stereocenters. The van der Waals surface area contributed by atoms with E-state index < -0.39 is 15.8 Å². The highest BCUT2D eigenvalue weighted by Gasteiger charge is 2.38. The Labute approximate surface area is 170 Å². The third-order valence-electron chi connectivity index (χ3n) is 6.29. The summed E-state index contributed by atoms with van der Waals surface area (Å²) in [7, 11) is -1.32. The quantitative estimate of drug-likeness (QED) is 0.508. The lowest BCUT2D eigenvalue weighted by Crippen LogP contribution is -2.27. The number of furan rings is 2. The largest absolute Gasteiger partial charge is 0.465 e. The molecule has 0 bridgehead atoms. The van der Waals surface area contributed by atoms with E-state index in [2.05, 4.69) is 65.1 Å². The molecule has 0 aromatic carbocycles. The molecule has 0 saturated carbocycles. The van der Waals surface area contributed by atoms with E-state index in [4.69, 9.17) is 8.83 Å². The molecule has 2 atom stereocenters. The second kappa shape index (κ2) is 7.41. The van der Waals surface area contributed by atoms with Gasteiger partial charge in [-0.2, -0.15) is 0 Å². The minimum atomic E-state index is -0.797. The van der Waals surface area contributed by atoms with Crippen molar-refractivity contribution in [2.24, 2.45) is 0 Å². The van der Waals surface area contributed by atoms with Crippen LogP contribution in [0.2, 0.25) is 24.2 Å². The van der Waals surface area contributed by atoms with Gasteiger partial charge in [-0.25, -0.2) is 0 Å². The Kier molecular flexibility index (Phi) is 5.10. The average Bonchev–Trinajstić information content (AvgIpc) is 3.43. The van der Waals surface area contributed by atoms with Gasteiger partial charge in [-0.15, -0.1) is 0 Å². The lowest BCUT2D eigenvalue weighted by atomic mass is 10.1. The molecule has 4 rings (SSSR count). The van der Waals surface area contributed by atoms with Crippen molar-refractivity contribution in [1.82, 2.24) is 0 Å². The molecule has 2 aromatic rings. The van der Waals surface area contributed by atoms with Gasteiger partial charge in [0.1, 0.15) is 11.5 Å². The van der Waals surface area contributed by atoms with Crippen LogP contribution in [-0.2, 0) is 0 Å². The number of allylic oxidation sites excluding steroid dienone is 8.